The number of carbonyl (C=O) groups is 1. The number of hydrogen-bond acceptors (Lipinski definition) is 5. The van der Waals surface area contributed by atoms with Gasteiger partial charge in [0.1, 0.15) is 0 Å². The Morgan fingerprint density at radius 2 is 2.00 bits per heavy atom. The van der Waals surface area contributed by atoms with Gasteiger partial charge in [0.2, 0.25) is 5.78 Å². The van der Waals surface area contributed by atoms with Crippen LogP contribution < -0.4 is 9.47 Å². The lowest BCUT2D eigenvalue weighted by Crippen LogP contribution is -2.13. The van der Waals surface area contributed by atoms with Gasteiger partial charge in [0.25, 0.3) is 0 Å². The van der Waals surface area contributed by atoms with E-state index in [1.165, 1.54) is 4.88 Å². The number of ketones is 1. The van der Waals surface area contributed by atoms with E-state index in [1.54, 1.807) is 29.5 Å². The Morgan fingerprint density at radius 3 is 2.68 bits per heavy atom. The number of rotatable bonds is 8. The van der Waals surface area contributed by atoms with Crippen molar-refractivity contribution in [1.29, 1.82) is 5.26 Å². The first kappa shape index (κ1) is 19.7. The number of Topliss-reactive ketones (excluding diaryl/α,β-unsaturated/α-hetero) is 1. The van der Waals surface area contributed by atoms with Crippen LogP contribution >= 0.6 is 11.3 Å². The maximum Gasteiger partial charge on any atom is 0.202 e. The first-order valence-electron chi connectivity index (χ1n) is 9.05. The summed E-state index contributed by atoms with van der Waals surface area (Å²) in [6.45, 7) is 6.94. The van der Waals surface area contributed by atoms with Crippen molar-refractivity contribution in [2.45, 2.75) is 27.3 Å². The van der Waals surface area contributed by atoms with E-state index < -0.39 is 0 Å². The summed E-state index contributed by atoms with van der Waals surface area (Å²) >= 11 is 1.70. The lowest BCUT2D eigenvalue weighted by Gasteiger charge is -2.12. The van der Waals surface area contributed by atoms with Crippen LogP contribution in [-0.4, -0.2) is 23.6 Å². The third-order valence-electron chi connectivity index (χ3n) is 4.50. The molecule has 0 atom stereocenters. The second-order valence-electron chi connectivity index (χ2n) is 6.37. The maximum absolute atomic E-state index is 12.8. The van der Waals surface area contributed by atoms with E-state index in [4.69, 9.17) is 14.7 Å². The fraction of sp³-hybridized carbons (Fsp3) is 0.273. The predicted octanol–water partition coefficient (Wildman–Crippen LogP) is 4.75. The summed E-state index contributed by atoms with van der Waals surface area (Å²) in [7, 11) is 0. The molecule has 144 valence electrons. The van der Waals surface area contributed by atoms with Crippen LogP contribution in [0.4, 0.5) is 0 Å². The molecule has 28 heavy (non-hydrogen) atoms. The van der Waals surface area contributed by atoms with Gasteiger partial charge in [-0.05, 0) is 50.4 Å². The van der Waals surface area contributed by atoms with E-state index in [1.807, 2.05) is 32.9 Å². The Hall–Kier alpha value is -3.04. The second-order valence-corrected chi connectivity index (χ2v) is 7.40. The number of aromatic nitrogens is 1. The lowest BCUT2D eigenvalue weighted by atomic mass is 10.1. The maximum atomic E-state index is 12.8. The molecule has 3 rings (SSSR count). The zero-order valence-electron chi connectivity index (χ0n) is 16.2. The normalized spacial score (nSPS) is 10.5. The highest BCUT2D eigenvalue weighted by atomic mass is 32.1. The number of nitrogens with zero attached hydrogens (tertiary/aromatic N) is 2. The third kappa shape index (κ3) is 4.26. The molecule has 0 fully saturated rings. The fourth-order valence-electron chi connectivity index (χ4n) is 3.07. The van der Waals surface area contributed by atoms with E-state index in [0.717, 1.165) is 17.9 Å². The van der Waals surface area contributed by atoms with Crippen molar-refractivity contribution in [3.05, 3.63) is 69.2 Å². The fourth-order valence-corrected chi connectivity index (χ4v) is 3.76. The molecule has 0 aliphatic carbocycles. The van der Waals surface area contributed by atoms with Gasteiger partial charge in [-0.15, -0.1) is 11.3 Å². The second kappa shape index (κ2) is 8.77. The van der Waals surface area contributed by atoms with Crippen LogP contribution in [0.1, 0.15) is 39.1 Å². The van der Waals surface area contributed by atoms with Gasteiger partial charge in [0.15, 0.2) is 18.1 Å². The first-order chi connectivity index (χ1) is 13.5. The van der Waals surface area contributed by atoms with Crippen LogP contribution in [0, 0.1) is 25.2 Å². The van der Waals surface area contributed by atoms with Gasteiger partial charge < -0.3 is 14.0 Å². The summed E-state index contributed by atoms with van der Waals surface area (Å²) in [6.07, 6.45) is 0. The Morgan fingerprint density at radius 1 is 1.18 bits per heavy atom. The zero-order chi connectivity index (χ0) is 20.1. The molecule has 0 saturated heterocycles. The number of benzene rings is 1. The van der Waals surface area contributed by atoms with Crippen LogP contribution in [-0.2, 0) is 6.54 Å². The van der Waals surface area contributed by atoms with E-state index in [9.17, 15) is 4.79 Å². The summed E-state index contributed by atoms with van der Waals surface area (Å²) in [5.41, 5.74) is 3.13. The van der Waals surface area contributed by atoms with Gasteiger partial charge in [-0.2, -0.15) is 5.26 Å². The standard InChI is InChI=1S/C22H22N2O3S/c1-4-26-22-11-17(12-23)7-8-21(22)27-14-20(25)19-10-15(2)24(16(19)3)13-18-6-5-9-28-18/h5-11H,4,13-14H2,1-3H3. The molecular weight excluding hydrogens is 372 g/mol. The number of thiophene rings is 1. The molecule has 2 aromatic heterocycles. The van der Waals surface area contributed by atoms with Crippen molar-refractivity contribution < 1.29 is 14.3 Å². The van der Waals surface area contributed by atoms with Crippen LogP contribution in [0.3, 0.4) is 0 Å². The quantitative estimate of drug-likeness (QED) is 0.517. The minimum Gasteiger partial charge on any atom is -0.490 e. The number of ether oxygens (including phenoxy) is 2. The number of carbonyl (C=O) groups excluding carboxylic acids is 1. The predicted molar refractivity (Wildman–Crippen MR) is 109 cm³/mol. The van der Waals surface area contributed by atoms with Crippen molar-refractivity contribution in [3.63, 3.8) is 0 Å². The SMILES string of the molecule is CCOc1cc(C#N)ccc1OCC(=O)c1cc(C)n(Cc2cccs2)c1C. The Labute approximate surface area is 168 Å². The molecule has 0 amide bonds. The van der Waals surface area contributed by atoms with Gasteiger partial charge in [-0.25, -0.2) is 0 Å². The van der Waals surface area contributed by atoms with E-state index in [2.05, 4.69) is 22.1 Å². The highest BCUT2D eigenvalue weighted by Gasteiger charge is 2.17. The number of hydrogen-bond donors (Lipinski definition) is 0. The third-order valence-corrected chi connectivity index (χ3v) is 5.36. The number of aryl methyl sites for hydroxylation is 1. The van der Waals surface area contributed by atoms with Crippen LogP contribution in [0.15, 0.2) is 41.8 Å². The highest BCUT2D eigenvalue weighted by Crippen LogP contribution is 2.29. The topological polar surface area (TPSA) is 64.2 Å². The molecule has 0 N–H and O–H groups in total. The Kier molecular flexibility index (Phi) is 6.17. The van der Waals surface area contributed by atoms with Gasteiger partial charge in [-0.1, -0.05) is 6.07 Å². The van der Waals surface area contributed by atoms with Gasteiger partial charge in [-0.3, -0.25) is 4.79 Å². The summed E-state index contributed by atoms with van der Waals surface area (Å²) in [5.74, 6) is 0.844. The molecule has 2 heterocycles. The molecule has 0 unspecified atom stereocenters. The van der Waals surface area contributed by atoms with Gasteiger partial charge >= 0.3 is 0 Å². The van der Waals surface area contributed by atoms with E-state index >= 15 is 0 Å². The summed E-state index contributed by atoms with van der Waals surface area (Å²) < 4.78 is 13.4. The van der Waals surface area contributed by atoms with Gasteiger partial charge in [0.05, 0.1) is 24.8 Å². The summed E-state index contributed by atoms with van der Waals surface area (Å²) in [5, 5.41) is 11.1. The lowest BCUT2D eigenvalue weighted by molar-refractivity contribution is 0.0918. The largest absolute Gasteiger partial charge is 0.490 e. The molecule has 3 aromatic rings. The molecule has 0 aliphatic rings. The molecule has 0 saturated carbocycles. The average molecular weight is 394 g/mol. The molecular formula is C22H22N2O3S. The molecule has 5 nitrogen and oxygen atoms in total. The van der Waals surface area contributed by atoms with Crippen molar-refractivity contribution in [3.8, 4) is 17.6 Å². The van der Waals surface area contributed by atoms with Crippen molar-refractivity contribution in [2.75, 3.05) is 13.2 Å². The van der Waals surface area contributed by atoms with Crippen LogP contribution in [0.2, 0.25) is 0 Å². The Bertz CT molecular complexity index is 1010. The van der Waals surface area contributed by atoms with Crippen LogP contribution in [0.25, 0.3) is 0 Å². The van der Waals surface area contributed by atoms with E-state index in [0.29, 0.717) is 29.2 Å². The van der Waals surface area contributed by atoms with Crippen molar-refractivity contribution >= 4 is 17.1 Å². The summed E-state index contributed by atoms with van der Waals surface area (Å²) in [6, 6.07) is 13.0. The van der Waals surface area contributed by atoms with Crippen LogP contribution in [0.5, 0.6) is 11.5 Å². The molecule has 1 aromatic carbocycles. The molecule has 0 radical (unpaired) electrons. The zero-order valence-corrected chi connectivity index (χ0v) is 17.0. The average Bonchev–Trinajstić information content (AvgIpc) is 3.30. The minimum atomic E-state index is -0.0880. The molecule has 6 heteroatoms. The molecule has 0 aliphatic heterocycles. The summed E-state index contributed by atoms with van der Waals surface area (Å²) in [4.78, 5) is 14.0. The highest BCUT2D eigenvalue weighted by molar-refractivity contribution is 7.09. The van der Waals surface area contributed by atoms with Crippen molar-refractivity contribution in [2.24, 2.45) is 0 Å². The minimum absolute atomic E-state index is 0.0858. The Balaban J connectivity index is 1.75. The monoisotopic (exact) mass is 394 g/mol. The van der Waals surface area contributed by atoms with E-state index in [-0.39, 0.29) is 12.4 Å². The molecule has 0 spiro atoms. The molecule has 0 bridgehead atoms. The first-order valence-corrected chi connectivity index (χ1v) is 9.93. The van der Waals surface area contributed by atoms with Gasteiger partial charge in [0, 0.05) is 27.9 Å². The smallest absolute Gasteiger partial charge is 0.202 e. The van der Waals surface area contributed by atoms with Crippen molar-refractivity contribution in [1.82, 2.24) is 4.57 Å². The number of nitriles is 1.